The molecule has 0 saturated heterocycles. The molecule has 0 amide bonds. The highest BCUT2D eigenvalue weighted by Gasteiger charge is 2.35. The van der Waals surface area contributed by atoms with Gasteiger partial charge >= 0.3 is 6.18 Å². The van der Waals surface area contributed by atoms with Crippen LogP contribution in [0.1, 0.15) is 5.56 Å². The molecule has 5 nitrogen and oxygen atoms in total. The number of methoxy groups -OCH3 is 1. The normalized spacial score (nSPS) is 11.3. The number of nitrogens with zero attached hydrogens (tertiary/aromatic N) is 2. The predicted octanol–water partition coefficient (Wildman–Crippen LogP) is 3.57. The molecule has 0 spiro atoms. The summed E-state index contributed by atoms with van der Waals surface area (Å²) in [5.74, 6) is -2.96. The van der Waals surface area contributed by atoms with E-state index in [1.807, 2.05) is 0 Å². The molecular formula is C13H11F5N4O. The second-order valence-electron chi connectivity index (χ2n) is 4.30. The lowest BCUT2D eigenvalue weighted by Crippen LogP contribution is -2.12. The van der Waals surface area contributed by atoms with Crippen molar-refractivity contribution in [3.05, 3.63) is 35.5 Å². The molecule has 10 heteroatoms. The first kappa shape index (κ1) is 16.7. The monoisotopic (exact) mass is 334 g/mol. The summed E-state index contributed by atoms with van der Waals surface area (Å²) in [6.45, 7) is 0. The number of halogens is 5. The van der Waals surface area contributed by atoms with Gasteiger partial charge in [0, 0.05) is 25.4 Å². The van der Waals surface area contributed by atoms with E-state index in [4.69, 9.17) is 4.74 Å². The molecule has 2 rings (SSSR count). The van der Waals surface area contributed by atoms with Gasteiger partial charge in [0.1, 0.15) is 17.2 Å². The molecule has 2 N–H and O–H groups in total. The third-order valence-corrected chi connectivity index (χ3v) is 2.79. The van der Waals surface area contributed by atoms with E-state index in [2.05, 4.69) is 20.6 Å². The smallest absolute Gasteiger partial charge is 0.421 e. The summed E-state index contributed by atoms with van der Waals surface area (Å²) in [5, 5.41) is 4.71. The second-order valence-corrected chi connectivity index (χ2v) is 4.30. The van der Waals surface area contributed by atoms with Crippen LogP contribution in [0.5, 0.6) is 5.75 Å². The van der Waals surface area contributed by atoms with Crippen molar-refractivity contribution in [2.75, 3.05) is 24.8 Å². The highest BCUT2D eigenvalue weighted by molar-refractivity contribution is 5.64. The molecular weight excluding hydrogens is 323 g/mol. The van der Waals surface area contributed by atoms with Crippen molar-refractivity contribution >= 4 is 17.5 Å². The first-order valence-corrected chi connectivity index (χ1v) is 6.18. The third kappa shape index (κ3) is 3.58. The zero-order valence-corrected chi connectivity index (χ0v) is 11.9. The molecule has 0 bridgehead atoms. The summed E-state index contributed by atoms with van der Waals surface area (Å²) in [7, 11) is 2.41. The minimum atomic E-state index is -4.64. The Labute approximate surface area is 127 Å². The Balaban J connectivity index is 2.42. The van der Waals surface area contributed by atoms with Gasteiger partial charge in [-0.25, -0.2) is 13.8 Å². The number of anilines is 3. The summed E-state index contributed by atoms with van der Waals surface area (Å²) >= 11 is 0. The topological polar surface area (TPSA) is 59.1 Å². The second kappa shape index (κ2) is 6.23. The predicted molar refractivity (Wildman–Crippen MR) is 72.8 cm³/mol. The average Bonchev–Trinajstić information content (AvgIpc) is 2.45. The maximum Gasteiger partial charge on any atom is 0.421 e. The lowest BCUT2D eigenvalue weighted by molar-refractivity contribution is -0.137. The third-order valence-electron chi connectivity index (χ3n) is 2.79. The number of hydrogen-bond donors (Lipinski definition) is 2. The van der Waals surface area contributed by atoms with Gasteiger partial charge in [-0.1, -0.05) is 0 Å². The highest BCUT2D eigenvalue weighted by Crippen LogP contribution is 2.35. The van der Waals surface area contributed by atoms with Crippen LogP contribution in [0, 0.1) is 11.6 Å². The fourth-order valence-electron chi connectivity index (χ4n) is 1.82. The van der Waals surface area contributed by atoms with E-state index in [-0.39, 0.29) is 17.4 Å². The van der Waals surface area contributed by atoms with Gasteiger partial charge in [0.2, 0.25) is 5.95 Å². The Kier molecular flexibility index (Phi) is 4.52. The molecule has 1 aromatic carbocycles. The Morgan fingerprint density at radius 3 is 2.43 bits per heavy atom. The van der Waals surface area contributed by atoms with Crippen LogP contribution < -0.4 is 15.4 Å². The fourth-order valence-corrected chi connectivity index (χ4v) is 1.82. The van der Waals surface area contributed by atoms with E-state index in [1.54, 1.807) is 0 Å². The van der Waals surface area contributed by atoms with Crippen LogP contribution in [0.15, 0.2) is 18.3 Å². The fraction of sp³-hybridized carbons (Fsp3) is 0.231. The zero-order valence-electron chi connectivity index (χ0n) is 11.9. The molecule has 0 aliphatic carbocycles. The SMILES string of the molecule is CNc1nc(Nc2cc(F)cc(F)c2OC)ncc1C(F)(F)F. The van der Waals surface area contributed by atoms with Gasteiger partial charge in [0.05, 0.1) is 12.8 Å². The molecule has 1 heterocycles. The first-order valence-electron chi connectivity index (χ1n) is 6.18. The van der Waals surface area contributed by atoms with Crippen molar-refractivity contribution in [1.29, 1.82) is 0 Å². The van der Waals surface area contributed by atoms with E-state index in [0.29, 0.717) is 12.3 Å². The van der Waals surface area contributed by atoms with E-state index >= 15 is 0 Å². The highest BCUT2D eigenvalue weighted by atomic mass is 19.4. The number of nitrogens with one attached hydrogen (secondary N) is 2. The van der Waals surface area contributed by atoms with Crippen LogP contribution in [0.3, 0.4) is 0 Å². The molecule has 124 valence electrons. The van der Waals surface area contributed by atoms with Crippen LogP contribution in [0.2, 0.25) is 0 Å². The van der Waals surface area contributed by atoms with Crippen molar-refractivity contribution in [1.82, 2.24) is 9.97 Å². The average molecular weight is 334 g/mol. The van der Waals surface area contributed by atoms with E-state index in [9.17, 15) is 22.0 Å². The van der Waals surface area contributed by atoms with Gasteiger partial charge in [-0.05, 0) is 0 Å². The maximum atomic E-state index is 13.6. The Bertz CT molecular complexity index is 720. The number of aromatic nitrogens is 2. The summed E-state index contributed by atoms with van der Waals surface area (Å²) in [6.07, 6.45) is -4.08. The van der Waals surface area contributed by atoms with Gasteiger partial charge in [-0.2, -0.15) is 18.2 Å². The van der Waals surface area contributed by atoms with Crippen LogP contribution in [-0.4, -0.2) is 24.1 Å². The minimum Gasteiger partial charge on any atom is -0.492 e. The zero-order chi connectivity index (χ0) is 17.2. The summed E-state index contributed by atoms with van der Waals surface area (Å²) in [4.78, 5) is 7.13. The summed E-state index contributed by atoms with van der Waals surface area (Å²) in [6, 6.07) is 1.51. The molecule has 0 aliphatic heterocycles. The van der Waals surface area contributed by atoms with E-state index < -0.39 is 29.2 Å². The van der Waals surface area contributed by atoms with Crippen LogP contribution in [-0.2, 0) is 6.18 Å². The van der Waals surface area contributed by atoms with Gasteiger partial charge in [0.25, 0.3) is 0 Å². The summed E-state index contributed by atoms with van der Waals surface area (Å²) < 4.78 is 69.9. The molecule has 0 saturated carbocycles. The van der Waals surface area contributed by atoms with Gasteiger partial charge < -0.3 is 15.4 Å². The summed E-state index contributed by atoms with van der Waals surface area (Å²) in [5.41, 5.74) is -1.23. The van der Waals surface area contributed by atoms with E-state index in [0.717, 1.165) is 13.2 Å². The number of hydrogen-bond acceptors (Lipinski definition) is 5. The number of rotatable bonds is 4. The van der Waals surface area contributed by atoms with Crippen molar-refractivity contribution in [3.63, 3.8) is 0 Å². The van der Waals surface area contributed by atoms with Gasteiger partial charge in [-0.3, -0.25) is 0 Å². The number of ether oxygens (including phenoxy) is 1. The quantitative estimate of drug-likeness (QED) is 0.837. The van der Waals surface area contributed by atoms with Crippen LogP contribution >= 0.6 is 0 Å². The Hall–Kier alpha value is -2.65. The molecule has 0 atom stereocenters. The van der Waals surface area contributed by atoms with Gasteiger partial charge in [-0.15, -0.1) is 0 Å². The molecule has 23 heavy (non-hydrogen) atoms. The number of alkyl halides is 3. The molecule has 2 aromatic rings. The molecule has 0 aliphatic rings. The van der Waals surface area contributed by atoms with Crippen molar-refractivity contribution in [2.24, 2.45) is 0 Å². The first-order chi connectivity index (χ1) is 10.8. The van der Waals surface area contributed by atoms with Gasteiger partial charge in [0.15, 0.2) is 11.6 Å². The lowest BCUT2D eigenvalue weighted by atomic mass is 10.2. The Morgan fingerprint density at radius 1 is 1.17 bits per heavy atom. The van der Waals surface area contributed by atoms with Crippen molar-refractivity contribution < 1.29 is 26.7 Å². The maximum absolute atomic E-state index is 13.6. The number of benzene rings is 1. The van der Waals surface area contributed by atoms with Crippen molar-refractivity contribution in [3.8, 4) is 5.75 Å². The molecule has 0 radical (unpaired) electrons. The van der Waals surface area contributed by atoms with Crippen molar-refractivity contribution in [2.45, 2.75) is 6.18 Å². The van der Waals surface area contributed by atoms with Crippen LogP contribution in [0.25, 0.3) is 0 Å². The lowest BCUT2D eigenvalue weighted by Gasteiger charge is -2.14. The van der Waals surface area contributed by atoms with Crippen LogP contribution in [0.4, 0.5) is 39.4 Å². The molecule has 0 fully saturated rings. The molecule has 1 aromatic heterocycles. The standard InChI is InChI=1S/C13H11F5N4O/c1-19-11-7(13(16,17)18)5-20-12(22-11)21-9-4-6(14)3-8(15)10(9)23-2/h3-5H,1-2H3,(H2,19,20,21,22). The minimum absolute atomic E-state index is 0.160. The van der Waals surface area contributed by atoms with E-state index in [1.165, 1.54) is 7.05 Å². The molecule has 0 unspecified atom stereocenters. The Morgan fingerprint density at radius 2 is 1.87 bits per heavy atom. The largest absolute Gasteiger partial charge is 0.492 e.